The van der Waals surface area contributed by atoms with E-state index in [1.807, 2.05) is 0 Å². The van der Waals surface area contributed by atoms with Crippen molar-refractivity contribution in [1.82, 2.24) is 9.13 Å². The zero-order chi connectivity index (χ0) is 48.7. The van der Waals surface area contributed by atoms with Crippen LogP contribution in [0.4, 0.5) is 0 Å². The van der Waals surface area contributed by atoms with Crippen molar-refractivity contribution in [3.05, 3.63) is 279 Å². The van der Waals surface area contributed by atoms with Crippen molar-refractivity contribution in [3.8, 4) is 101 Å². The van der Waals surface area contributed by atoms with Crippen molar-refractivity contribution in [3.63, 3.8) is 0 Å². The largest absolute Gasteiger partial charge is 0.309 e. The number of para-hydroxylation sites is 2. The van der Waals surface area contributed by atoms with Gasteiger partial charge in [0, 0.05) is 33.3 Å². The van der Waals surface area contributed by atoms with Gasteiger partial charge < -0.3 is 9.13 Å². The average molecular weight is 939 g/mol. The molecule has 0 bridgehead atoms. The molecule has 0 spiro atoms. The zero-order valence-electron chi connectivity index (χ0n) is 40.5. The molecule has 344 valence electrons. The summed E-state index contributed by atoms with van der Waals surface area (Å²) in [6.45, 7) is 0. The summed E-state index contributed by atoms with van der Waals surface area (Å²) in [4.78, 5) is 0. The van der Waals surface area contributed by atoms with Gasteiger partial charge in [-0.15, -0.1) is 0 Å². The highest BCUT2D eigenvalue weighted by Crippen LogP contribution is 2.58. The van der Waals surface area contributed by atoms with E-state index in [9.17, 15) is 0 Å². The lowest BCUT2D eigenvalue weighted by Gasteiger charge is -2.21. The summed E-state index contributed by atoms with van der Waals surface area (Å²) in [5.41, 5.74) is 24.3. The molecule has 2 nitrogen and oxygen atoms in total. The van der Waals surface area contributed by atoms with Crippen LogP contribution < -0.4 is 0 Å². The van der Waals surface area contributed by atoms with Gasteiger partial charge in [-0.05, 0) is 125 Å². The summed E-state index contributed by atoms with van der Waals surface area (Å²) in [5.74, 6) is 0. The highest BCUT2D eigenvalue weighted by atomic mass is 15.0. The zero-order valence-corrected chi connectivity index (χ0v) is 40.5. The van der Waals surface area contributed by atoms with E-state index in [0.717, 1.165) is 11.4 Å². The van der Waals surface area contributed by atoms with Crippen LogP contribution in [0.5, 0.6) is 0 Å². The summed E-state index contributed by atoms with van der Waals surface area (Å²) in [5, 5.41) is 7.51. The molecule has 15 rings (SSSR count). The molecule has 1 aliphatic carbocycles. The van der Waals surface area contributed by atoms with E-state index in [0.29, 0.717) is 0 Å². The second-order valence-corrected chi connectivity index (χ2v) is 19.5. The topological polar surface area (TPSA) is 9.86 Å². The third-order valence-electron chi connectivity index (χ3n) is 15.5. The van der Waals surface area contributed by atoms with E-state index in [1.165, 1.54) is 133 Å². The molecular formula is C72H46N2. The Hall–Kier alpha value is -9.76. The first-order chi connectivity index (χ1) is 36.8. The Morgan fingerprint density at radius 3 is 0.919 bits per heavy atom. The van der Waals surface area contributed by atoms with Crippen molar-refractivity contribution in [2.45, 2.75) is 0 Å². The van der Waals surface area contributed by atoms with Crippen molar-refractivity contribution in [2.75, 3.05) is 0 Å². The quantitative estimate of drug-likeness (QED) is 0.144. The Balaban J connectivity index is 0.939. The predicted molar refractivity (Wildman–Crippen MR) is 312 cm³/mol. The van der Waals surface area contributed by atoms with E-state index in [-0.39, 0.29) is 0 Å². The van der Waals surface area contributed by atoms with E-state index < -0.39 is 0 Å². The molecule has 0 unspecified atom stereocenters. The molecule has 0 aliphatic heterocycles. The molecule has 74 heavy (non-hydrogen) atoms. The maximum Gasteiger partial charge on any atom is 0.0619 e. The van der Waals surface area contributed by atoms with Gasteiger partial charge in [-0.1, -0.05) is 243 Å². The number of fused-ring (bicyclic) bond motifs is 6. The Kier molecular flexibility index (Phi) is 9.61. The predicted octanol–water partition coefficient (Wildman–Crippen LogP) is 19.5. The molecule has 0 radical (unpaired) electrons. The van der Waals surface area contributed by atoms with Gasteiger partial charge in [-0.25, -0.2) is 0 Å². The van der Waals surface area contributed by atoms with Gasteiger partial charge in [0.05, 0.1) is 22.4 Å². The fraction of sp³-hybridized carbons (Fsp3) is 0. The number of aromatic nitrogens is 2. The fourth-order valence-electron chi connectivity index (χ4n) is 12.4. The van der Waals surface area contributed by atoms with Gasteiger partial charge in [0.15, 0.2) is 0 Å². The Labute approximate surface area is 430 Å². The minimum atomic E-state index is 1.12. The normalized spacial score (nSPS) is 11.8. The molecule has 2 aromatic heterocycles. The lowest BCUT2D eigenvalue weighted by atomic mass is 9.82. The van der Waals surface area contributed by atoms with Crippen molar-refractivity contribution in [1.29, 1.82) is 0 Å². The number of hydrogen-bond acceptors (Lipinski definition) is 0. The Morgan fingerprint density at radius 1 is 0.203 bits per heavy atom. The highest BCUT2D eigenvalue weighted by molar-refractivity contribution is 6.27. The third kappa shape index (κ3) is 6.38. The van der Waals surface area contributed by atoms with Crippen LogP contribution in [0, 0.1) is 0 Å². The van der Waals surface area contributed by atoms with E-state index in [4.69, 9.17) is 0 Å². The first-order valence-electron chi connectivity index (χ1n) is 25.6. The first-order valence-corrected chi connectivity index (χ1v) is 25.6. The fourth-order valence-corrected chi connectivity index (χ4v) is 12.4. The Bertz CT molecular complexity index is 4180. The van der Waals surface area contributed by atoms with Crippen LogP contribution >= 0.6 is 0 Å². The Morgan fingerprint density at radius 2 is 0.527 bits per heavy atom. The summed E-state index contributed by atoms with van der Waals surface area (Å²) in [6.07, 6.45) is 0. The molecule has 12 aromatic carbocycles. The van der Waals surface area contributed by atoms with E-state index in [2.05, 4.69) is 288 Å². The van der Waals surface area contributed by atoms with Crippen LogP contribution in [-0.4, -0.2) is 9.13 Å². The van der Waals surface area contributed by atoms with E-state index in [1.54, 1.807) is 0 Å². The second kappa shape index (κ2) is 16.9. The highest BCUT2D eigenvalue weighted by Gasteiger charge is 2.31. The van der Waals surface area contributed by atoms with Crippen LogP contribution in [0.25, 0.3) is 144 Å². The standard InChI is InChI=1S/C72H46N2/c1-5-21-48(22-6-1)67-58-33-15-17-37-62(58)73(71(67)52-25-9-3-10-26-52)54-43-39-50(40-44-54)65-56-31-13-14-32-57(56)66(70-61-36-20-30-47-29-19-35-60(64(47)61)69(65)70)51-41-45-55(46-42-51)74-63-38-18-16-34-59(63)68(49-23-7-2-8-24-49)72(74)53-27-11-4-12-28-53/h1-46H. The van der Waals surface area contributed by atoms with Crippen LogP contribution in [0.1, 0.15) is 0 Å². The van der Waals surface area contributed by atoms with Crippen LogP contribution in [0.15, 0.2) is 279 Å². The van der Waals surface area contributed by atoms with Crippen molar-refractivity contribution < 1.29 is 0 Å². The van der Waals surface area contributed by atoms with Gasteiger partial charge in [0.25, 0.3) is 0 Å². The molecule has 0 atom stereocenters. The maximum atomic E-state index is 2.46. The summed E-state index contributed by atoms with van der Waals surface area (Å²) < 4.78 is 4.93. The van der Waals surface area contributed by atoms with Gasteiger partial charge in [0.1, 0.15) is 0 Å². The maximum absolute atomic E-state index is 2.46. The number of benzene rings is 12. The lowest BCUT2D eigenvalue weighted by molar-refractivity contribution is 1.13. The average Bonchev–Trinajstić information content (AvgIpc) is 4.16. The molecule has 2 heterocycles. The summed E-state index contributed by atoms with van der Waals surface area (Å²) >= 11 is 0. The third-order valence-corrected chi connectivity index (χ3v) is 15.5. The lowest BCUT2D eigenvalue weighted by Crippen LogP contribution is -1.99. The van der Waals surface area contributed by atoms with Gasteiger partial charge in [0.2, 0.25) is 0 Å². The summed E-state index contributed by atoms with van der Waals surface area (Å²) in [6, 6.07) is 103. The first kappa shape index (κ1) is 42.0. The molecule has 1 aliphatic rings. The molecular weight excluding hydrogens is 893 g/mol. The molecule has 0 amide bonds. The monoisotopic (exact) mass is 938 g/mol. The summed E-state index contributed by atoms with van der Waals surface area (Å²) in [7, 11) is 0. The van der Waals surface area contributed by atoms with Crippen LogP contribution in [-0.2, 0) is 0 Å². The molecule has 0 saturated carbocycles. The number of hydrogen-bond donors (Lipinski definition) is 0. The number of nitrogens with zero attached hydrogens (tertiary/aromatic N) is 2. The minimum Gasteiger partial charge on any atom is -0.309 e. The molecule has 0 saturated heterocycles. The number of rotatable bonds is 8. The molecule has 0 fully saturated rings. The van der Waals surface area contributed by atoms with Crippen LogP contribution in [0.3, 0.4) is 0 Å². The SMILES string of the molecule is c1ccc(-c2c(-c3ccccc3)n(-c3ccc(-c4c5c(c(-c6ccc(-n7c(-c8ccccc8)c(-c8ccccc8)c8ccccc87)cc6)c6ccccc46)-c4cccc6cccc-5c46)cc3)c3ccccc23)cc1. The second-order valence-electron chi connectivity index (χ2n) is 19.5. The van der Waals surface area contributed by atoms with Gasteiger partial charge >= 0.3 is 0 Å². The smallest absolute Gasteiger partial charge is 0.0619 e. The van der Waals surface area contributed by atoms with Gasteiger partial charge in [-0.3, -0.25) is 0 Å². The van der Waals surface area contributed by atoms with Gasteiger partial charge in [-0.2, -0.15) is 0 Å². The molecule has 2 heteroatoms. The van der Waals surface area contributed by atoms with Crippen molar-refractivity contribution in [2.24, 2.45) is 0 Å². The van der Waals surface area contributed by atoms with E-state index >= 15 is 0 Å². The van der Waals surface area contributed by atoms with Crippen LogP contribution in [0.2, 0.25) is 0 Å². The van der Waals surface area contributed by atoms with Crippen molar-refractivity contribution >= 4 is 43.4 Å². The molecule has 14 aromatic rings. The minimum absolute atomic E-state index is 1.12. The molecule has 0 N–H and O–H groups in total.